The maximum absolute atomic E-state index is 12.9. The molecule has 2 saturated heterocycles. The van der Waals surface area contributed by atoms with Crippen LogP contribution in [0.4, 0.5) is 0 Å². The summed E-state index contributed by atoms with van der Waals surface area (Å²) in [5.41, 5.74) is 0.227. The van der Waals surface area contributed by atoms with E-state index in [1.54, 1.807) is 11.8 Å². The first-order valence-corrected chi connectivity index (χ1v) is 11.7. The molecule has 0 radical (unpaired) electrons. The molecule has 7 nitrogen and oxygen atoms in total. The number of ether oxygens (including phenoxy) is 1. The van der Waals surface area contributed by atoms with Crippen molar-refractivity contribution in [2.75, 3.05) is 26.2 Å². The van der Waals surface area contributed by atoms with Gasteiger partial charge in [0.2, 0.25) is 10.0 Å². The zero-order valence-corrected chi connectivity index (χ0v) is 18.2. The van der Waals surface area contributed by atoms with Gasteiger partial charge >= 0.3 is 5.97 Å². The first kappa shape index (κ1) is 21.8. The average Bonchev–Trinajstić information content (AvgIpc) is 3.21. The molecule has 160 valence electrons. The van der Waals surface area contributed by atoms with Gasteiger partial charge in [0.25, 0.3) is 5.91 Å². The summed E-state index contributed by atoms with van der Waals surface area (Å²) < 4.78 is 32.7. The van der Waals surface area contributed by atoms with Crippen molar-refractivity contribution < 1.29 is 22.7 Å². The number of hydrogen-bond acceptors (Lipinski definition) is 5. The molecule has 0 saturated carbocycles. The number of piperidine rings is 1. The topological polar surface area (TPSA) is 84.0 Å². The second-order valence-electron chi connectivity index (χ2n) is 8.37. The Hall–Kier alpha value is -1.93. The normalized spacial score (nSPS) is 24.3. The predicted molar refractivity (Wildman–Crippen MR) is 109 cm³/mol. The Labute approximate surface area is 173 Å². The lowest BCUT2D eigenvalue weighted by atomic mass is 9.94. The number of amides is 1. The van der Waals surface area contributed by atoms with E-state index in [0.717, 1.165) is 19.3 Å². The smallest absolute Gasteiger partial charge is 0.338 e. The number of carbonyl (C=O) groups excluding carboxylic acids is 2. The highest BCUT2D eigenvalue weighted by atomic mass is 32.2. The van der Waals surface area contributed by atoms with E-state index in [1.807, 2.05) is 0 Å². The summed E-state index contributed by atoms with van der Waals surface area (Å²) in [4.78, 5) is 26.5. The third-order valence-electron chi connectivity index (χ3n) is 5.61. The molecule has 1 amide bonds. The number of rotatable bonds is 5. The van der Waals surface area contributed by atoms with Gasteiger partial charge in [-0.2, -0.15) is 4.31 Å². The van der Waals surface area contributed by atoms with Gasteiger partial charge in [0.1, 0.15) is 0 Å². The van der Waals surface area contributed by atoms with Crippen molar-refractivity contribution in [3.05, 3.63) is 29.8 Å². The molecule has 0 bridgehead atoms. The molecule has 3 atom stereocenters. The zero-order chi connectivity index (χ0) is 21.2. The summed E-state index contributed by atoms with van der Waals surface area (Å²) in [5.74, 6) is -0.188. The number of nitrogens with zero attached hydrogens (tertiary/aromatic N) is 2. The van der Waals surface area contributed by atoms with E-state index in [9.17, 15) is 18.0 Å². The highest BCUT2D eigenvalue weighted by Gasteiger charge is 2.32. The van der Waals surface area contributed by atoms with Gasteiger partial charge in [-0.1, -0.05) is 13.8 Å². The fourth-order valence-electron chi connectivity index (χ4n) is 4.19. The molecule has 0 unspecified atom stereocenters. The molecule has 2 fully saturated rings. The molecule has 1 aromatic rings. The molecule has 1 aromatic carbocycles. The lowest BCUT2D eigenvalue weighted by molar-refractivity contribution is -0.138. The highest BCUT2D eigenvalue weighted by molar-refractivity contribution is 7.89. The van der Waals surface area contributed by atoms with Crippen molar-refractivity contribution in [3.63, 3.8) is 0 Å². The Morgan fingerprint density at radius 2 is 1.59 bits per heavy atom. The van der Waals surface area contributed by atoms with Crippen LogP contribution in [0.1, 0.15) is 50.4 Å². The van der Waals surface area contributed by atoms with E-state index < -0.39 is 22.1 Å². The average molecular weight is 423 g/mol. The summed E-state index contributed by atoms with van der Waals surface area (Å²) in [6.45, 7) is 8.08. The quantitative estimate of drug-likeness (QED) is 0.681. The van der Waals surface area contributed by atoms with Gasteiger partial charge in [-0.05, 0) is 62.3 Å². The minimum atomic E-state index is -3.60. The van der Waals surface area contributed by atoms with Crippen LogP contribution in [0.15, 0.2) is 29.2 Å². The van der Waals surface area contributed by atoms with Crippen LogP contribution in [-0.2, 0) is 19.6 Å². The van der Waals surface area contributed by atoms with Crippen molar-refractivity contribution in [3.8, 4) is 0 Å². The molecule has 0 aliphatic carbocycles. The molecule has 3 rings (SSSR count). The molecule has 2 aliphatic rings. The Bertz CT molecular complexity index is 836. The summed E-state index contributed by atoms with van der Waals surface area (Å²) in [6.07, 6.45) is 2.10. The Kier molecular flexibility index (Phi) is 6.63. The monoisotopic (exact) mass is 422 g/mol. The van der Waals surface area contributed by atoms with Crippen LogP contribution in [-0.4, -0.2) is 61.8 Å². The van der Waals surface area contributed by atoms with Crippen LogP contribution in [0.25, 0.3) is 0 Å². The molecule has 2 heterocycles. The molecular formula is C21H30N2O5S. The molecule has 0 aromatic heterocycles. The van der Waals surface area contributed by atoms with Crippen LogP contribution >= 0.6 is 0 Å². The van der Waals surface area contributed by atoms with Crippen molar-refractivity contribution in [2.45, 2.75) is 51.0 Å². The largest absolute Gasteiger partial charge is 0.449 e. The van der Waals surface area contributed by atoms with E-state index in [2.05, 4.69) is 13.8 Å². The van der Waals surface area contributed by atoms with Gasteiger partial charge < -0.3 is 9.64 Å². The van der Waals surface area contributed by atoms with Gasteiger partial charge in [0, 0.05) is 26.2 Å². The fourth-order valence-corrected chi connectivity index (χ4v) is 5.87. The van der Waals surface area contributed by atoms with Crippen molar-refractivity contribution in [2.24, 2.45) is 11.8 Å². The van der Waals surface area contributed by atoms with Crippen LogP contribution in [0.3, 0.4) is 0 Å². The maximum Gasteiger partial charge on any atom is 0.338 e. The lowest BCUT2D eigenvalue weighted by Crippen LogP contribution is -2.42. The SMILES string of the molecule is C[C@@H]1C[C@@H](C)CN(S(=O)(=O)c2ccc(C(=O)O[C@@H](C)C(=O)N3CCCC3)cc2)C1. The third-order valence-corrected chi connectivity index (χ3v) is 7.46. The van der Waals surface area contributed by atoms with Crippen molar-refractivity contribution in [1.29, 1.82) is 0 Å². The van der Waals surface area contributed by atoms with E-state index in [0.29, 0.717) is 38.0 Å². The first-order chi connectivity index (χ1) is 13.7. The lowest BCUT2D eigenvalue weighted by Gasteiger charge is -2.34. The minimum absolute atomic E-state index is 0.163. The van der Waals surface area contributed by atoms with Gasteiger partial charge in [-0.15, -0.1) is 0 Å². The minimum Gasteiger partial charge on any atom is -0.449 e. The first-order valence-electron chi connectivity index (χ1n) is 10.3. The molecule has 0 spiro atoms. The van der Waals surface area contributed by atoms with Crippen molar-refractivity contribution in [1.82, 2.24) is 9.21 Å². The second kappa shape index (κ2) is 8.83. The number of hydrogen-bond donors (Lipinski definition) is 0. The Morgan fingerprint density at radius 3 is 2.14 bits per heavy atom. The van der Waals surface area contributed by atoms with E-state index in [-0.39, 0.29) is 16.4 Å². The Morgan fingerprint density at radius 1 is 1.03 bits per heavy atom. The van der Waals surface area contributed by atoms with Crippen LogP contribution in [0.5, 0.6) is 0 Å². The van der Waals surface area contributed by atoms with Crippen molar-refractivity contribution >= 4 is 21.9 Å². The molecule has 8 heteroatoms. The molecule has 0 N–H and O–H groups in total. The highest BCUT2D eigenvalue weighted by Crippen LogP contribution is 2.27. The number of carbonyl (C=O) groups is 2. The van der Waals surface area contributed by atoms with E-state index >= 15 is 0 Å². The summed E-state index contributed by atoms with van der Waals surface area (Å²) in [5, 5.41) is 0. The number of sulfonamides is 1. The molecular weight excluding hydrogens is 392 g/mol. The Balaban J connectivity index is 1.66. The van der Waals surface area contributed by atoms with Gasteiger partial charge in [-0.25, -0.2) is 13.2 Å². The molecule has 2 aliphatic heterocycles. The van der Waals surface area contributed by atoms with Crippen LogP contribution in [0.2, 0.25) is 0 Å². The van der Waals surface area contributed by atoms with E-state index in [1.165, 1.54) is 28.6 Å². The third kappa shape index (κ3) is 4.98. The number of esters is 1. The zero-order valence-electron chi connectivity index (χ0n) is 17.3. The van der Waals surface area contributed by atoms with Crippen LogP contribution in [0, 0.1) is 11.8 Å². The second-order valence-corrected chi connectivity index (χ2v) is 10.3. The maximum atomic E-state index is 12.9. The van der Waals surface area contributed by atoms with E-state index in [4.69, 9.17) is 4.74 Å². The summed E-state index contributed by atoms with van der Waals surface area (Å²) in [7, 11) is -3.60. The summed E-state index contributed by atoms with van der Waals surface area (Å²) >= 11 is 0. The van der Waals surface area contributed by atoms with Gasteiger partial charge in [0.15, 0.2) is 6.10 Å². The van der Waals surface area contributed by atoms with Crippen LogP contribution < -0.4 is 0 Å². The van der Waals surface area contributed by atoms with Gasteiger partial charge in [0.05, 0.1) is 10.5 Å². The number of benzene rings is 1. The predicted octanol–water partition coefficient (Wildman–Crippen LogP) is 2.52. The van der Waals surface area contributed by atoms with Gasteiger partial charge in [-0.3, -0.25) is 4.79 Å². The number of likely N-dealkylation sites (tertiary alicyclic amines) is 1. The fraction of sp³-hybridized carbons (Fsp3) is 0.619. The molecule has 29 heavy (non-hydrogen) atoms. The standard InChI is InChI=1S/C21H30N2O5S/c1-15-12-16(2)14-23(13-15)29(26,27)19-8-6-18(7-9-19)21(25)28-17(3)20(24)22-10-4-5-11-22/h6-9,15-17H,4-5,10-14H2,1-3H3/t15-,16-,17+/m1/s1. The summed E-state index contributed by atoms with van der Waals surface area (Å²) in [6, 6.07) is 5.75.